The summed E-state index contributed by atoms with van der Waals surface area (Å²) in [6, 6.07) is 0. The van der Waals surface area contributed by atoms with E-state index >= 15 is 0 Å². The third-order valence-electron chi connectivity index (χ3n) is 3.45. The molecule has 0 saturated heterocycles. The molecule has 0 amide bonds. The molecule has 2 nitrogen and oxygen atoms in total. The Morgan fingerprint density at radius 1 is 1.25 bits per heavy atom. The molecule has 94 valence electrons. The summed E-state index contributed by atoms with van der Waals surface area (Å²) in [7, 11) is 0. The lowest BCUT2D eigenvalue weighted by Gasteiger charge is -2.28. The van der Waals surface area contributed by atoms with Crippen LogP contribution in [0.15, 0.2) is 0 Å². The average Bonchev–Trinajstić information content (AvgIpc) is 2.27. The Morgan fingerprint density at radius 3 is 2.75 bits per heavy atom. The molecule has 2 atom stereocenters. The quantitative estimate of drug-likeness (QED) is 0.638. The van der Waals surface area contributed by atoms with Gasteiger partial charge in [0.1, 0.15) is 6.10 Å². The van der Waals surface area contributed by atoms with E-state index < -0.39 is 0 Å². The van der Waals surface area contributed by atoms with E-state index in [4.69, 9.17) is 4.74 Å². The van der Waals surface area contributed by atoms with Gasteiger partial charge in [0.15, 0.2) is 0 Å². The highest BCUT2D eigenvalue weighted by atomic mass is 16.5. The van der Waals surface area contributed by atoms with Crippen molar-refractivity contribution in [2.75, 3.05) is 0 Å². The van der Waals surface area contributed by atoms with Crippen molar-refractivity contribution < 1.29 is 9.53 Å². The van der Waals surface area contributed by atoms with Crippen molar-refractivity contribution in [3.05, 3.63) is 0 Å². The van der Waals surface area contributed by atoms with E-state index in [1.165, 1.54) is 32.1 Å². The van der Waals surface area contributed by atoms with Crippen LogP contribution in [0.25, 0.3) is 0 Å². The van der Waals surface area contributed by atoms with Gasteiger partial charge in [-0.3, -0.25) is 4.79 Å². The number of rotatable bonds is 6. The van der Waals surface area contributed by atoms with E-state index in [1.54, 1.807) is 0 Å². The van der Waals surface area contributed by atoms with Crippen LogP contribution in [0, 0.1) is 5.92 Å². The maximum absolute atomic E-state index is 11.4. The third kappa shape index (κ3) is 5.00. The number of ether oxygens (including phenoxy) is 1. The van der Waals surface area contributed by atoms with Crippen LogP contribution < -0.4 is 0 Å². The molecule has 2 unspecified atom stereocenters. The third-order valence-corrected chi connectivity index (χ3v) is 3.45. The van der Waals surface area contributed by atoms with E-state index in [0.29, 0.717) is 6.42 Å². The molecule has 1 rings (SSSR count). The number of hydrogen-bond acceptors (Lipinski definition) is 2. The fourth-order valence-corrected chi connectivity index (χ4v) is 2.55. The minimum absolute atomic E-state index is 0.00337. The molecule has 0 aliphatic heterocycles. The van der Waals surface area contributed by atoms with Gasteiger partial charge in [-0.25, -0.2) is 0 Å². The van der Waals surface area contributed by atoms with Gasteiger partial charge in [0.05, 0.1) is 0 Å². The summed E-state index contributed by atoms with van der Waals surface area (Å²) >= 11 is 0. The van der Waals surface area contributed by atoms with Crippen molar-refractivity contribution in [1.29, 1.82) is 0 Å². The Morgan fingerprint density at radius 2 is 2.06 bits per heavy atom. The van der Waals surface area contributed by atoms with Crippen molar-refractivity contribution in [2.24, 2.45) is 5.92 Å². The van der Waals surface area contributed by atoms with Gasteiger partial charge in [-0.2, -0.15) is 0 Å². The number of carbonyl (C=O) groups excluding carboxylic acids is 1. The van der Waals surface area contributed by atoms with E-state index in [0.717, 1.165) is 25.2 Å². The maximum atomic E-state index is 11.4. The van der Waals surface area contributed by atoms with Crippen LogP contribution in [-0.4, -0.2) is 12.1 Å². The Kier molecular flexibility index (Phi) is 6.51. The molecule has 0 aromatic rings. The number of hydrogen-bond donors (Lipinski definition) is 0. The molecule has 2 heteroatoms. The van der Waals surface area contributed by atoms with Crippen LogP contribution in [0.2, 0.25) is 0 Å². The highest BCUT2D eigenvalue weighted by Gasteiger charge is 2.23. The van der Waals surface area contributed by atoms with Crippen molar-refractivity contribution in [3.63, 3.8) is 0 Å². The standard InChI is InChI=1S/C14H26O2/c1-3-5-8-12-9-6-10-13(11-12)16-14(15)7-4-2/h12-13H,3-11H2,1-2H3. The minimum atomic E-state index is 0.00337. The van der Waals surface area contributed by atoms with Gasteiger partial charge in [0, 0.05) is 6.42 Å². The van der Waals surface area contributed by atoms with E-state index in [9.17, 15) is 4.79 Å². The lowest BCUT2D eigenvalue weighted by Crippen LogP contribution is -2.25. The van der Waals surface area contributed by atoms with Gasteiger partial charge in [-0.1, -0.05) is 39.5 Å². The Bertz CT molecular complexity index is 201. The van der Waals surface area contributed by atoms with Gasteiger partial charge in [-0.05, 0) is 31.6 Å². The minimum Gasteiger partial charge on any atom is -0.462 e. The Labute approximate surface area is 99.8 Å². The van der Waals surface area contributed by atoms with Gasteiger partial charge in [0.2, 0.25) is 0 Å². The first-order valence-electron chi connectivity index (χ1n) is 6.95. The smallest absolute Gasteiger partial charge is 0.306 e. The van der Waals surface area contributed by atoms with Gasteiger partial charge >= 0.3 is 5.97 Å². The van der Waals surface area contributed by atoms with Crippen LogP contribution in [0.1, 0.15) is 71.6 Å². The van der Waals surface area contributed by atoms with Gasteiger partial charge < -0.3 is 4.74 Å². The molecule has 1 aliphatic carbocycles. The Hall–Kier alpha value is -0.530. The summed E-state index contributed by atoms with van der Waals surface area (Å²) in [5, 5.41) is 0. The lowest BCUT2D eigenvalue weighted by atomic mass is 9.84. The number of esters is 1. The monoisotopic (exact) mass is 226 g/mol. The first kappa shape index (κ1) is 13.5. The molecule has 1 saturated carbocycles. The zero-order chi connectivity index (χ0) is 11.8. The normalized spacial score (nSPS) is 25.4. The summed E-state index contributed by atoms with van der Waals surface area (Å²) in [6.07, 6.45) is 10.4. The van der Waals surface area contributed by atoms with Crippen molar-refractivity contribution in [3.8, 4) is 0 Å². The molecule has 0 aromatic heterocycles. The Balaban J connectivity index is 2.24. The molecule has 0 heterocycles. The highest BCUT2D eigenvalue weighted by molar-refractivity contribution is 5.69. The largest absolute Gasteiger partial charge is 0.462 e. The molecular formula is C14H26O2. The second-order valence-electron chi connectivity index (χ2n) is 5.04. The lowest BCUT2D eigenvalue weighted by molar-refractivity contribution is -0.151. The fraction of sp³-hybridized carbons (Fsp3) is 0.929. The summed E-state index contributed by atoms with van der Waals surface area (Å²) in [5.74, 6) is 0.803. The van der Waals surface area contributed by atoms with E-state index in [1.807, 2.05) is 6.92 Å². The molecule has 0 bridgehead atoms. The molecular weight excluding hydrogens is 200 g/mol. The zero-order valence-electron chi connectivity index (χ0n) is 10.8. The average molecular weight is 226 g/mol. The molecule has 1 aliphatic rings. The van der Waals surface area contributed by atoms with Crippen molar-refractivity contribution >= 4 is 5.97 Å². The number of carbonyl (C=O) groups is 1. The van der Waals surface area contributed by atoms with Gasteiger partial charge in [-0.15, -0.1) is 0 Å². The van der Waals surface area contributed by atoms with Crippen LogP contribution in [-0.2, 0) is 9.53 Å². The van der Waals surface area contributed by atoms with Crippen LogP contribution in [0.4, 0.5) is 0 Å². The summed E-state index contributed by atoms with van der Waals surface area (Å²) in [4.78, 5) is 11.4. The summed E-state index contributed by atoms with van der Waals surface area (Å²) in [5.41, 5.74) is 0. The molecule has 0 spiro atoms. The second-order valence-corrected chi connectivity index (χ2v) is 5.04. The molecule has 0 aromatic carbocycles. The van der Waals surface area contributed by atoms with Crippen molar-refractivity contribution in [2.45, 2.75) is 77.7 Å². The molecule has 0 N–H and O–H groups in total. The maximum Gasteiger partial charge on any atom is 0.306 e. The summed E-state index contributed by atoms with van der Waals surface area (Å²) < 4.78 is 5.50. The van der Waals surface area contributed by atoms with Crippen molar-refractivity contribution in [1.82, 2.24) is 0 Å². The molecule has 1 fully saturated rings. The topological polar surface area (TPSA) is 26.3 Å². The first-order valence-corrected chi connectivity index (χ1v) is 6.95. The molecule has 0 radical (unpaired) electrons. The van der Waals surface area contributed by atoms with E-state index in [-0.39, 0.29) is 12.1 Å². The summed E-state index contributed by atoms with van der Waals surface area (Å²) in [6.45, 7) is 4.26. The van der Waals surface area contributed by atoms with Crippen LogP contribution in [0.3, 0.4) is 0 Å². The zero-order valence-corrected chi connectivity index (χ0v) is 10.8. The fourth-order valence-electron chi connectivity index (χ4n) is 2.55. The highest BCUT2D eigenvalue weighted by Crippen LogP contribution is 2.30. The van der Waals surface area contributed by atoms with Crippen LogP contribution in [0.5, 0.6) is 0 Å². The van der Waals surface area contributed by atoms with E-state index in [2.05, 4.69) is 6.92 Å². The number of unbranched alkanes of at least 4 members (excludes halogenated alkanes) is 1. The predicted octanol–water partition coefficient (Wildman–Crippen LogP) is 4.08. The van der Waals surface area contributed by atoms with Gasteiger partial charge in [0.25, 0.3) is 0 Å². The predicted molar refractivity (Wildman–Crippen MR) is 66.3 cm³/mol. The SMILES string of the molecule is CCCCC1CCCC(OC(=O)CCC)C1. The first-order chi connectivity index (χ1) is 7.76. The second kappa shape index (κ2) is 7.70. The van der Waals surface area contributed by atoms with Crippen LogP contribution >= 0.6 is 0 Å². The molecule has 16 heavy (non-hydrogen) atoms.